The van der Waals surface area contributed by atoms with Gasteiger partial charge in [-0.25, -0.2) is 0 Å². The van der Waals surface area contributed by atoms with E-state index in [1.165, 1.54) is 16.9 Å². The number of carbonyl (C=O) groups is 2. The van der Waals surface area contributed by atoms with Gasteiger partial charge < -0.3 is 9.64 Å². The first-order valence-electron chi connectivity index (χ1n) is 6.18. The molecule has 0 aliphatic carbocycles. The maximum absolute atomic E-state index is 12.4. The molecule has 0 N–H and O–H groups in total. The van der Waals surface area contributed by atoms with Crippen LogP contribution in [0.2, 0.25) is 10.0 Å². The summed E-state index contributed by atoms with van der Waals surface area (Å²) in [5.41, 5.74) is 0.946. The average Bonchev–Trinajstić information content (AvgIpc) is 2.67. The first-order chi connectivity index (χ1) is 10.3. The van der Waals surface area contributed by atoms with Gasteiger partial charge in [0.05, 0.1) is 7.11 Å². The van der Waals surface area contributed by atoms with Crippen molar-refractivity contribution >= 4 is 58.5 Å². The highest BCUT2D eigenvalue weighted by Crippen LogP contribution is 2.27. The van der Waals surface area contributed by atoms with E-state index in [2.05, 4.69) is 4.74 Å². The second kappa shape index (κ2) is 6.64. The van der Waals surface area contributed by atoms with Crippen LogP contribution in [0, 0.1) is 0 Å². The van der Waals surface area contributed by atoms with Crippen LogP contribution < -0.4 is 0 Å². The molecule has 0 saturated carbocycles. The van der Waals surface area contributed by atoms with E-state index in [0.717, 1.165) is 0 Å². The normalized spacial score (nSPS) is 16.6. The van der Waals surface area contributed by atoms with Gasteiger partial charge in [0.2, 0.25) is 0 Å². The highest BCUT2D eigenvalue weighted by atomic mass is 35.5. The number of rotatable bonds is 3. The molecule has 0 aromatic heterocycles. The summed E-state index contributed by atoms with van der Waals surface area (Å²) in [4.78, 5) is 26.5. The van der Waals surface area contributed by atoms with E-state index in [1.807, 2.05) is 0 Å². The zero-order valence-corrected chi connectivity index (χ0v) is 14.1. The molecule has 22 heavy (non-hydrogen) atoms. The number of ether oxygens (including phenoxy) is 1. The molecule has 5 nitrogen and oxygen atoms in total. The monoisotopic (exact) mass is 358 g/mol. The number of hydrogen-bond donors (Lipinski definition) is 0. The van der Waals surface area contributed by atoms with Crippen LogP contribution in [0.3, 0.4) is 0 Å². The molecule has 1 amide bonds. The van der Waals surface area contributed by atoms with Gasteiger partial charge in [0.1, 0.15) is 12.2 Å². The molecule has 1 saturated heterocycles. The molecule has 0 bridgehead atoms. The first kappa shape index (κ1) is 16.7. The topological polar surface area (TPSA) is 49.9 Å². The average molecular weight is 359 g/mol. The zero-order valence-electron chi connectivity index (χ0n) is 11.8. The highest BCUT2D eigenvalue weighted by Gasteiger charge is 2.37. The van der Waals surface area contributed by atoms with Crippen LogP contribution in [0.25, 0.3) is 6.08 Å². The molecule has 1 aromatic carbocycles. The van der Waals surface area contributed by atoms with Gasteiger partial charge in [-0.15, -0.1) is 0 Å². The van der Waals surface area contributed by atoms with Gasteiger partial charge in [0.15, 0.2) is 5.11 Å². The van der Waals surface area contributed by atoms with E-state index in [9.17, 15) is 9.59 Å². The van der Waals surface area contributed by atoms with Crippen LogP contribution in [-0.4, -0.2) is 47.5 Å². The van der Waals surface area contributed by atoms with Gasteiger partial charge >= 0.3 is 5.97 Å². The fourth-order valence-electron chi connectivity index (χ4n) is 1.91. The Kier molecular flexibility index (Phi) is 5.05. The summed E-state index contributed by atoms with van der Waals surface area (Å²) in [6, 6.07) is 4.95. The molecule has 8 heteroatoms. The van der Waals surface area contributed by atoms with Crippen LogP contribution in [0.15, 0.2) is 23.9 Å². The maximum Gasteiger partial charge on any atom is 0.325 e. The molecular formula is C14H12Cl2N2O3S. The summed E-state index contributed by atoms with van der Waals surface area (Å²) in [7, 11) is 2.90. The lowest BCUT2D eigenvalue weighted by molar-refractivity contribution is -0.143. The molecule has 1 aromatic rings. The van der Waals surface area contributed by atoms with Crippen LogP contribution in [0.1, 0.15) is 5.56 Å². The number of thiocarbonyl (C=S) groups is 1. The maximum atomic E-state index is 12.4. The van der Waals surface area contributed by atoms with E-state index in [1.54, 1.807) is 31.3 Å². The minimum atomic E-state index is -0.546. The number of hydrogen-bond acceptors (Lipinski definition) is 4. The lowest BCUT2D eigenvalue weighted by Gasteiger charge is -2.14. The van der Waals surface area contributed by atoms with Gasteiger partial charge in [-0.1, -0.05) is 29.3 Å². The van der Waals surface area contributed by atoms with Crippen molar-refractivity contribution in [3.05, 3.63) is 39.5 Å². The molecule has 116 valence electrons. The Morgan fingerprint density at radius 3 is 2.68 bits per heavy atom. The second-order valence-electron chi connectivity index (χ2n) is 4.50. The van der Waals surface area contributed by atoms with E-state index >= 15 is 0 Å². The smallest absolute Gasteiger partial charge is 0.325 e. The Morgan fingerprint density at radius 2 is 2.09 bits per heavy atom. The number of carbonyl (C=O) groups excluding carboxylic acids is 2. The third kappa shape index (κ3) is 3.24. The van der Waals surface area contributed by atoms with Gasteiger partial charge in [-0.2, -0.15) is 0 Å². The van der Waals surface area contributed by atoms with Crippen LogP contribution in [0.4, 0.5) is 0 Å². The summed E-state index contributed by atoms with van der Waals surface area (Å²) in [5.74, 6) is -0.932. The summed E-state index contributed by atoms with van der Waals surface area (Å²) in [6.07, 6.45) is 1.60. The van der Waals surface area contributed by atoms with Gasteiger partial charge in [-0.3, -0.25) is 14.5 Å². The molecule has 1 fully saturated rings. The quantitative estimate of drug-likeness (QED) is 0.472. The van der Waals surface area contributed by atoms with Crippen LogP contribution in [0.5, 0.6) is 0 Å². The Hall–Kier alpha value is -1.63. The summed E-state index contributed by atoms with van der Waals surface area (Å²) in [5, 5.41) is 1.14. The number of halogens is 2. The van der Waals surface area contributed by atoms with Crippen molar-refractivity contribution in [3.63, 3.8) is 0 Å². The van der Waals surface area contributed by atoms with E-state index in [0.29, 0.717) is 21.3 Å². The Balaban J connectivity index is 2.35. The fourth-order valence-corrected chi connectivity index (χ4v) is 2.62. The van der Waals surface area contributed by atoms with Crippen molar-refractivity contribution in [3.8, 4) is 0 Å². The van der Waals surface area contributed by atoms with Crippen molar-refractivity contribution in [1.29, 1.82) is 0 Å². The van der Waals surface area contributed by atoms with Crippen molar-refractivity contribution in [2.45, 2.75) is 0 Å². The largest absolute Gasteiger partial charge is 0.468 e. The van der Waals surface area contributed by atoms with Crippen molar-refractivity contribution in [1.82, 2.24) is 9.80 Å². The Labute approximate surface area is 143 Å². The minimum Gasteiger partial charge on any atom is -0.468 e. The number of esters is 1. The number of likely N-dealkylation sites (N-methyl/N-ethyl adjacent to an activating group) is 1. The van der Waals surface area contributed by atoms with Gasteiger partial charge in [0.25, 0.3) is 5.91 Å². The van der Waals surface area contributed by atoms with Crippen LogP contribution >= 0.6 is 35.4 Å². The number of methoxy groups -OCH3 is 1. The van der Waals surface area contributed by atoms with E-state index in [4.69, 9.17) is 35.4 Å². The number of benzene rings is 1. The molecule has 0 unspecified atom stereocenters. The molecule has 0 radical (unpaired) electrons. The molecule has 0 atom stereocenters. The summed E-state index contributed by atoms with van der Waals surface area (Å²) < 4.78 is 4.56. The standard InChI is InChI=1S/C14H12Cl2N2O3S/c1-17-11(5-8-3-4-9(15)6-10(8)16)13(20)18(14(17)22)7-12(19)21-2/h3-6H,7H2,1-2H3/b11-5-. The van der Waals surface area contributed by atoms with E-state index in [-0.39, 0.29) is 17.6 Å². The first-order valence-corrected chi connectivity index (χ1v) is 7.34. The lowest BCUT2D eigenvalue weighted by Crippen LogP contribution is -2.36. The highest BCUT2D eigenvalue weighted by molar-refractivity contribution is 7.80. The number of nitrogens with zero attached hydrogens (tertiary/aromatic N) is 2. The SMILES string of the molecule is COC(=O)CN1C(=O)/C(=C/c2ccc(Cl)cc2Cl)N(C)C1=S. The predicted octanol–water partition coefficient (Wildman–Crippen LogP) is 2.57. The van der Waals surface area contributed by atoms with E-state index < -0.39 is 5.97 Å². The molecule has 1 aliphatic rings. The molecule has 1 heterocycles. The molecule has 2 rings (SSSR count). The summed E-state index contributed by atoms with van der Waals surface area (Å²) >= 11 is 17.1. The predicted molar refractivity (Wildman–Crippen MR) is 88.5 cm³/mol. The molecule has 1 aliphatic heterocycles. The van der Waals surface area contributed by atoms with Crippen molar-refractivity contribution in [2.24, 2.45) is 0 Å². The molecule has 0 spiro atoms. The second-order valence-corrected chi connectivity index (χ2v) is 5.71. The fraction of sp³-hybridized carbons (Fsp3) is 0.214. The lowest BCUT2D eigenvalue weighted by atomic mass is 10.2. The third-order valence-electron chi connectivity index (χ3n) is 3.11. The Bertz CT molecular complexity index is 691. The summed E-state index contributed by atoms with van der Waals surface area (Å²) in [6.45, 7) is -0.232. The molecular weight excluding hydrogens is 347 g/mol. The van der Waals surface area contributed by atoms with Gasteiger partial charge in [-0.05, 0) is 36.0 Å². The van der Waals surface area contributed by atoms with Crippen molar-refractivity contribution < 1.29 is 14.3 Å². The van der Waals surface area contributed by atoms with Gasteiger partial charge in [0, 0.05) is 17.1 Å². The Morgan fingerprint density at radius 1 is 1.41 bits per heavy atom. The zero-order chi connectivity index (χ0) is 16.4. The minimum absolute atomic E-state index is 0.228. The number of amides is 1. The van der Waals surface area contributed by atoms with Crippen molar-refractivity contribution in [2.75, 3.05) is 20.7 Å². The third-order valence-corrected chi connectivity index (χ3v) is 4.17. The van der Waals surface area contributed by atoms with Crippen LogP contribution in [-0.2, 0) is 14.3 Å².